The van der Waals surface area contributed by atoms with Crippen LogP contribution in [-0.2, 0) is 17.6 Å². The Balaban J connectivity index is 1.38. The molecule has 0 atom stereocenters. The van der Waals surface area contributed by atoms with Crippen molar-refractivity contribution in [1.82, 2.24) is 15.3 Å². The Morgan fingerprint density at radius 3 is 3.04 bits per heavy atom. The second kappa shape index (κ2) is 6.05. The largest absolute Gasteiger partial charge is 0.351 e. The second-order valence-corrected chi connectivity index (χ2v) is 6.84. The van der Waals surface area contributed by atoms with E-state index in [1.165, 1.54) is 0 Å². The number of aromatic nitrogens is 2. The fourth-order valence-electron chi connectivity index (χ4n) is 2.74. The number of hydrogen-bond acceptors (Lipinski definition) is 4. The zero-order valence-corrected chi connectivity index (χ0v) is 13.7. The zero-order chi connectivity index (χ0) is 16.5. The van der Waals surface area contributed by atoms with E-state index in [-0.39, 0.29) is 11.7 Å². The minimum atomic E-state index is -0.123. The zero-order valence-electron chi connectivity index (χ0n) is 12.8. The number of nitrogens with one attached hydrogen (secondary N) is 2. The first-order valence-corrected chi connectivity index (χ1v) is 8.56. The number of aromatic amines is 1. The molecule has 2 aromatic heterocycles. The summed E-state index contributed by atoms with van der Waals surface area (Å²) in [6, 6.07) is 9.65. The van der Waals surface area contributed by atoms with Gasteiger partial charge in [-0.15, -0.1) is 11.3 Å². The molecule has 1 amide bonds. The number of hydrogen-bond donors (Lipinski definition) is 2. The first kappa shape index (κ1) is 14.8. The molecular weight excluding hydrogens is 322 g/mol. The number of H-pyrrole nitrogens is 1. The van der Waals surface area contributed by atoms with Crippen LogP contribution in [0, 0.1) is 0 Å². The number of nitrogens with zero attached hydrogens (tertiary/aromatic N) is 1. The van der Waals surface area contributed by atoms with Crippen LogP contribution >= 0.6 is 11.3 Å². The molecule has 0 saturated carbocycles. The van der Waals surface area contributed by atoms with E-state index in [0.717, 1.165) is 26.5 Å². The number of benzene rings is 1. The summed E-state index contributed by atoms with van der Waals surface area (Å²) in [5.74, 6) is -0.00703. The monoisotopic (exact) mass is 337 g/mol. The Labute approximate surface area is 142 Å². The smallest absolute Gasteiger partial charge is 0.267 e. The number of fused-ring (bicyclic) bond motifs is 2. The molecule has 5 nitrogen and oxygen atoms in total. The van der Waals surface area contributed by atoms with Gasteiger partial charge in [-0.3, -0.25) is 9.59 Å². The molecular formula is C18H15N3O2S. The Morgan fingerprint density at radius 1 is 1.29 bits per heavy atom. The van der Waals surface area contributed by atoms with Gasteiger partial charge >= 0.3 is 0 Å². The van der Waals surface area contributed by atoms with E-state index in [1.807, 2.05) is 30.3 Å². The molecule has 3 aromatic rings. The van der Waals surface area contributed by atoms with Crippen molar-refractivity contribution in [3.63, 3.8) is 0 Å². The van der Waals surface area contributed by atoms with Crippen LogP contribution in [0.3, 0.4) is 0 Å². The second-order valence-electron chi connectivity index (χ2n) is 5.67. The van der Waals surface area contributed by atoms with Crippen molar-refractivity contribution in [3.05, 3.63) is 57.7 Å². The molecule has 0 fully saturated rings. The van der Waals surface area contributed by atoms with Crippen LogP contribution in [0.5, 0.6) is 0 Å². The average molecular weight is 337 g/mol. The van der Waals surface area contributed by atoms with Crippen LogP contribution in [0.2, 0.25) is 0 Å². The summed E-state index contributed by atoms with van der Waals surface area (Å²) >= 11 is 1.55. The van der Waals surface area contributed by atoms with E-state index in [9.17, 15) is 9.59 Å². The number of rotatable bonds is 4. The molecule has 2 heterocycles. The van der Waals surface area contributed by atoms with E-state index < -0.39 is 0 Å². The lowest BCUT2D eigenvalue weighted by molar-refractivity contribution is -0.114. The van der Waals surface area contributed by atoms with Gasteiger partial charge in [0.25, 0.3) is 5.91 Å². The van der Waals surface area contributed by atoms with E-state index in [0.29, 0.717) is 25.1 Å². The number of carbonyl (C=O) groups excluding carboxylic acids is 2. The highest BCUT2D eigenvalue weighted by Gasteiger charge is 2.16. The molecule has 2 N–H and O–H groups in total. The Kier molecular flexibility index (Phi) is 3.74. The van der Waals surface area contributed by atoms with Gasteiger partial charge < -0.3 is 10.3 Å². The SMILES string of the molecule is O=C1C=Cc2nc(CCNC(=O)c3cc4ccccc4[nH]3)sc2C1. The predicted molar refractivity (Wildman–Crippen MR) is 94.2 cm³/mol. The fourth-order valence-corrected chi connectivity index (χ4v) is 3.81. The number of ketones is 1. The third kappa shape index (κ3) is 2.88. The van der Waals surface area contributed by atoms with E-state index in [1.54, 1.807) is 23.5 Å². The van der Waals surface area contributed by atoms with Gasteiger partial charge in [-0.25, -0.2) is 4.98 Å². The van der Waals surface area contributed by atoms with Crippen molar-refractivity contribution in [3.8, 4) is 0 Å². The lowest BCUT2D eigenvalue weighted by atomic mass is 10.1. The van der Waals surface area contributed by atoms with Crippen LogP contribution in [0.4, 0.5) is 0 Å². The summed E-state index contributed by atoms with van der Waals surface area (Å²) < 4.78 is 0. The Bertz CT molecular complexity index is 935. The van der Waals surface area contributed by atoms with Crippen LogP contribution in [0.15, 0.2) is 36.4 Å². The minimum absolute atomic E-state index is 0.116. The molecule has 0 saturated heterocycles. The highest BCUT2D eigenvalue weighted by molar-refractivity contribution is 7.12. The maximum Gasteiger partial charge on any atom is 0.267 e. The van der Waals surface area contributed by atoms with E-state index in [2.05, 4.69) is 15.3 Å². The molecule has 1 aliphatic rings. The van der Waals surface area contributed by atoms with Crippen molar-refractivity contribution in [2.75, 3.05) is 6.54 Å². The predicted octanol–water partition coefficient (Wildman–Crippen LogP) is 2.74. The molecule has 120 valence electrons. The number of para-hydroxylation sites is 1. The molecule has 0 aliphatic heterocycles. The third-order valence-electron chi connectivity index (χ3n) is 3.93. The highest BCUT2D eigenvalue weighted by atomic mass is 32.1. The van der Waals surface area contributed by atoms with Crippen molar-refractivity contribution in [1.29, 1.82) is 0 Å². The van der Waals surface area contributed by atoms with Crippen LogP contribution in [0.1, 0.15) is 26.1 Å². The average Bonchev–Trinajstić information content (AvgIpc) is 3.17. The quantitative estimate of drug-likeness (QED) is 0.769. The number of thiazole rings is 1. The van der Waals surface area contributed by atoms with Gasteiger partial charge in [-0.2, -0.15) is 0 Å². The molecule has 1 aliphatic carbocycles. The first-order valence-electron chi connectivity index (χ1n) is 7.74. The summed E-state index contributed by atoms with van der Waals surface area (Å²) in [5, 5.41) is 4.87. The Morgan fingerprint density at radius 2 is 2.17 bits per heavy atom. The van der Waals surface area contributed by atoms with Gasteiger partial charge in [0.1, 0.15) is 5.69 Å². The van der Waals surface area contributed by atoms with Gasteiger partial charge in [0.15, 0.2) is 5.78 Å². The third-order valence-corrected chi connectivity index (χ3v) is 5.06. The molecule has 24 heavy (non-hydrogen) atoms. The van der Waals surface area contributed by atoms with E-state index >= 15 is 0 Å². The van der Waals surface area contributed by atoms with Gasteiger partial charge in [0, 0.05) is 35.2 Å². The van der Waals surface area contributed by atoms with Gasteiger partial charge in [-0.1, -0.05) is 18.2 Å². The number of amides is 1. The topological polar surface area (TPSA) is 74.8 Å². The standard InChI is InChI=1S/C18H15N3O2S/c22-12-5-6-14-16(10-12)24-17(21-14)7-8-19-18(23)15-9-11-3-1-2-4-13(11)20-15/h1-6,9,20H,7-8,10H2,(H,19,23). The molecule has 0 unspecified atom stereocenters. The van der Waals surface area contributed by atoms with Crippen LogP contribution < -0.4 is 5.32 Å². The van der Waals surface area contributed by atoms with E-state index in [4.69, 9.17) is 0 Å². The molecule has 4 rings (SSSR count). The van der Waals surface area contributed by atoms with Crippen molar-refractivity contribution in [2.45, 2.75) is 12.8 Å². The van der Waals surface area contributed by atoms with Crippen LogP contribution in [-0.4, -0.2) is 28.2 Å². The summed E-state index contributed by atoms with van der Waals surface area (Å²) in [7, 11) is 0. The number of carbonyl (C=O) groups is 2. The fraction of sp³-hybridized carbons (Fsp3) is 0.167. The van der Waals surface area contributed by atoms with Gasteiger partial charge in [0.05, 0.1) is 10.7 Å². The van der Waals surface area contributed by atoms with Gasteiger partial charge in [0.2, 0.25) is 0 Å². The summed E-state index contributed by atoms with van der Waals surface area (Å²) in [6.45, 7) is 0.512. The van der Waals surface area contributed by atoms with Crippen molar-refractivity contribution >= 4 is 40.0 Å². The van der Waals surface area contributed by atoms with Crippen LogP contribution in [0.25, 0.3) is 17.0 Å². The normalized spacial score (nSPS) is 13.2. The highest BCUT2D eigenvalue weighted by Crippen LogP contribution is 2.24. The molecule has 1 aromatic carbocycles. The minimum Gasteiger partial charge on any atom is -0.351 e. The summed E-state index contributed by atoms with van der Waals surface area (Å²) in [4.78, 5) is 32.3. The number of allylic oxidation sites excluding steroid dienone is 1. The van der Waals surface area contributed by atoms with Gasteiger partial charge in [-0.05, 0) is 24.3 Å². The molecule has 0 bridgehead atoms. The Hall–Kier alpha value is -2.73. The summed E-state index contributed by atoms with van der Waals surface area (Å²) in [5.41, 5.74) is 2.39. The lowest BCUT2D eigenvalue weighted by Gasteiger charge is -2.01. The van der Waals surface area contributed by atoms with Crippen molar-refractivity contribution < 1.29 is 9.59 Å². The van der Waals surface area contributed by atoms with Crippen molar-refractivity contribution in [2.24, 2.45) is 0 Å². The maximum atomic E-state index is 12.2. The molecule has 0 spiro atoms. The first-order chi connectivity index (χ1) is 11.7. The molecule has 0 radical (unpaired) electrons. The molecule has 6 heteroatoms. The summed E-state index contributed by atoms with van der Waals surface area (Å²) in [6.07, 6.45) is 4.43. The maximum absolute atomic E-state index is 12.2. The lowest BCUT2D eigenvalue weighted by Crippen LogP contribution is -2.25.